The third-order valence-corrected chi connectivity index (χ3v) is 4.53. The molecule has 108 valence electrons. The molecule has 1 heterocycles. The molecule has 0 spiro atoms. The summed E-state index contributed by atoms with van der Waals surface area (Å²) in [5.74, 6) is 0. The van der Waals surface area contributed by atoms with Gasteiger partial charge in [0.2, 0.25) is 0 Å². The fourth-order valence-corrected chi connectivity index (χ4v) is 3.50. The fraction of sp³-hybridized carbons (Fsp3) is 0.556. The van der Waals surface area contributed by atoms with Crippen molar-refractivity contribution in [1.29, 1.82) is 0 Å². The Balaban J connectivity index is 1.91. The first-order chi connectivity index (χ1) is 9.90. The highest BCUT2D eigenvalue weighted by Crippen LogP contribution is 2.32. The van der Waals surface area contributed by atoms with Crippen molar-refractivity contribution in [2.75, 3.05) is 6.54 Å². The Kier molecular flexibility index (Phi) is 4.41. The lowest BCUT2D eigenvalue weighted by Gasteiger charge is -2.25. The predicted octanol–water partition coefficient (Wildman–Crippen LogP) is 4.65. The van der Waals surface area contributed by atoms with Gasteiger partial charge in [-0.25, -0.2) is 0 Å². The van der Waals surface area contributed by atoms with Crippen molar-refractivity contribution >= 4 is 10.9 Å². The van der Waals surface area contributed by atoms with E-state index in [9.17, 15) is 0 Å². The third-order valence-electron chi connectivity index (χ3n) is 4.53. The van der Waals surface area contributed by atoms with Gasteiger partial charge in [-0.3, -0.25) is 0 Å². The van der Waals surface area contributed by atoms with Crippen LogP contribution >= 0.6 is 0 Å². The van der Waals surface area contributed by atoms with Gasteiger partial charge >= 0.3 is 0 Å². The summed E-state index contributed by atoms with van der Waals surface area (Å²) in [6.07, 6.45) is 10.4. The molecular weight excluding hydrogens is 244 g/mol. The first-order valence-electron chi connectivity index (χ1n) is 8.19. The average molecular weight is 270 g/mol. The molecule has 1 fully saturated rings. The monoisotopic (exact) mass is 270 g/mol. The maximum Gasteiger partial charge on any atom is 0.0528 e. The highest BCUT2D eigenvalue weighted by molar-refractivity contribution is 5.83. The van der Waals surface area contributed by atoms with Gasteiger partial charge in [0.25, 0.3) is 0 Å². The van der Waals surface area contributed by atoms with E-state index in [0.717, 1.165) is 13.1 Å². The van der Waals surface area contributed by atoms with E-state index in [0.29, 0.717) is 6.04 Å². The lowest BCUT2D eigenvalue weighted by atomic mass is 9.95. The van der Waals surface area contributed by atoms with Crippen molar-refractivity contribution in [3.8, 4) is 0 Å². The molecular formula is C18H26N2. The molecule has 0 atom stereocenters. The van der Waals surface area contributed by atoms with Gasteiger partial charge in [0.05, 0.1) is 5.52 Å². The van der Waals surface area contributed by atoms with E-state index in [-0.39, 0.29) is 0 Å². The maximum atomic E-state index is 3.55. The molecule has 2 heteroatoms. The Labute approximate surface area is 122 Å². The van der Waals surface area contributed by atoms with Crippen molar-refractivity contribution in [1.82, 2.24) is 9.88 Å². The highest BCUT2D eigenvalue weighted by atomic mass is 15.0. The van der Waals surface area contributed by atoms with E-state index >= 15 is 0 Å². The van der Waals surface area contributed by atoms with Gasteiger partial charge in [-0.2, -0.15) is 0 Å². The van der Waals surface area contributed by atoms with Crippen molar-refractivity contribution in [3.05, 3.63) is 36.0 Å². The maximum absolute atomic E-state index is 3.55. The Morgan fingerprint density at radius 3 is 2.80 bits per heavy atom. The number of fused-ring (bicyclic) bond motifs is 1. The molecule has 1 N–H and O–H groups in total. The third kappa shape index (κ3) is 2.76. The van der Waals surface area contributed by atoms with Gasteiger partial charge in [-0.1, -0.05) is 44.4 Å². The van der Waals surface area contributed by atoms with Crippen LogP contribution in [0.1, 0.15) is 57.1 Å². The zero-order valence-electron chi connectivity index (χ0n) is 12.6. The second-order valence-electron chi connectivity index (χ2n) is 6.05. The summed E-state index contributed by atoms with van der Waals surface area (Å²) >= 11 is 0. The van der Waals surface area contributed by atoms with Gasteiger partial charge in [-0.05, 0) is 42.8 Å². The average Bonchev–Trinajstić information content (AvgIpc) is 2.93. The van der Waals surface area contributed by atoms with Gasteiger partial charge < -0.3 is 9.88 Å². The molecule has 2 aromatic rings. The highest BCUT2D eigenvalue weighted by Gasteiger charge is 2.17. The lowest BCUT2D eigenvalue weighted by Crippen LogP contribution is -2.16. The number of nitrogens with one attached hydrogen (secondary N) is 1. The van der Waals surface area contributed by atoms with Crippen LogP contribution in [0.15, 0.2) is 30.5 Å². The van der Waals surface area contributed by atoms with Crippen LogP contribution in [0, 0.1) is 0 Å². The molecule has 0 amide bonds. The summed E-state index contributed by atoms with van der Waals surface area (Å²) in [7, 11) is 0. The molecule has 0 saturated heterocycles. The number of rotatable bonds is 5. The molecule has 3 rings (SSSR count). The van der Waals surface area contributed by atoms with Gasteiger partial charge in [0.1, 0.15) is 0 Å². The van der Waals surface area contributed by atoms with Crippen LogP contribution in [0.25, 0.3) is 10.9 Å². The van der Waals surface area contributed by atoms with E-state index in [1.165, 1.54) is 55.0 Å². The Morgan fingerprint density at radius 2 is 2.00 bits per heavy atom. The molecule has 1 aromatic heterocycles. The number of hydrogen-bond acceptors (Lipinski definition) is 1. The quantitative estimate of drug-likeness (QED) is 0.783. The van der Waals surface area contributed by atoms with Crippen molar-refractivity contribution < 1.29 is 0 Å². The topological polar surface area (TPSA) is 17.0 Å². The van der Waals surface area contributed by atoms with Crippen LogP contribution in [-0.2, 0) is 6.54 Å². The number of hydrogen-bond donors (Lipinski definition) is 1. The first kappa shape index (κ1) is 13.7. The largest absolute Gasteiger partial charge is 0.344 e. The van der Waals surface area contributed by atoms with E-state index < -0.39 is 0 Å². The normalized spacial score (nSPS) is 16.9. The minimum absolute atomic E-state index is 0.716. The summed E-state index contributed by atoms with van der Waals surface area (Å²) in [5, 5.41) is 4.94. The second kappa shape index (κ2) is 6.45. The van der Waals surface area contributed by atoms with Gasteiger partial charge in [0, 0.05) is 18.8 Å². The summed E-state index contributed by atoms with van der Waals surface area (Å²) in [5.41, 5.74) is 2.91. The molecule has 2 nitrogen and oxygen atoms in total. The molecule has 1 aliphatic carbocycles. The van der Waals surface area contributed by atoms with Crippen LogP contribution in [-0.4, -0.2) is 11.1 Å². The standard InChI is InChI=1S/C18H26N2/c1-2-12-19-14-16-8-6-7-15-11-13-20(18(15)16)17-9-4-3-5-10-17/h6-8,11,13,17,19H,2-5,9-10,12,14H2,1H3. The van der Waals surface area contributed by atoms with Crippen LogP contribution in [0.4, 0.5) is 0 Å². The zero-order valence-corrected chi connectivity index (χ0v) is 12.6. The molecule has 0 bridgehead atoms. The van der Waals surface area contributed by atoms with Crippen molar-refractivity contribution in [3.63, 3.8) is 0 Å². The molecule has 1 aromatic carbocycles. The van der Waals surface area contributed by atoms with E-state index in [2.05, 4.69) is 47.3 Å². The van der Waals surface area contributed by atoms with Crippen LogP contribution < -0.4 is 5.32 Å². The Bertz CT molecular complexity index is 550. The number of aromatic nitrogens is 1. The van der Waals surface area contributed by atoms with Crippen LogP contribution in [0.5, 0.6) is 0 Å². The Hall–Kier alpha value is -1.28. The molecule has 20 heavy (non-hydrogen) atoms. The van der Waals surface area contributed by atoms with E-state index in [4.69, 9.17) is 0 Å². The molecule has 0 unspecified atom stereocenters. The molecule has 0 aliphatic heterocycles. The molecule has 1 aliphatic rings. The lowest BCUT2D eigenvalue weighted by molar-refractivity contribution is 0.360. The van der Waals surface area contributed by atoms with E-state index in [1.54, 1.807) is 0 Å². The summed E-state index contributed by atoms with van der Waals surface area (Å²) in [4.78, 5) is 0. The van der Waals surface area contributed by atoms with E-state index in [1.807, 2.05) is 0 Å². The zero-order chi connectivity index (χ0) is 13.8. The summed E-state index contributed by atoms with van der Waals surface area (Å²) in [6, 6.07) is 9.72. The van der Waals surface area contributed by atoms with Gasteiger partial charge in [0.15, 0.2) is 0 Å². The van der Waals surface area contributed by atoms with Crippen LogP contribution in [0.2, 0.25) is 0 Å². The SMILES string of the molecule is CCCNCc1cccc2ccn(C3CCCCC3)c12. The fourth-order valence-electron chi connectivity index (χ4n) is 3.50. The number of nitrogens with zero attached hydrogens (tertiary/aromatic N) is 1. The van der Waals surface area contributed by atoms with Crippen molar-refractivity contribution in [2.24, 2.45) is 0 Å². The molecule has 0 radical (unpaired) electrons. The number of para-hydroxylation sites is 1. The molecule has 1 saturated carbocycles. The first-order valence-corrected chi connectivity index (χ1v) is 8.19. The minimum Gasteiger partial charge on any atom is -0.344 e. The minimum atomic E-state index is 0.716. The Morgan fingerprint density at radius 1 is 1.15 bits per heavy atom. The van der Waals surface area contributed by atoms with Crippen molar-refractivity contribution in [2.45, 2.75) is 58.0 Å². The smallest absolute Gasteiger partial charge is 0.0528 e. The van der Waals surface area contributed by atoms with Crippen LogP contribution in [0.3, 0.4) is 0 Å². The second-order valence-corrected chi connectivity index (χ2v) is 6.05. The predicted molar refractivity (Wildman–Crippen MR) is 86.1 cm³/mol. The summed E-state index contributed by atoms with van der Waals surface area (Å²) < 4.78 is 2.55. The summed E-state index contributed by atoms with van der Waals surface area (Å²) in [6.45, 7) is 4.31. The van der Waals surface area contributed by atoms with Gasteiger partial charge in [-0.15, -0.1) is 0 Å². The number of benzene rings is 1.